The predicted octanol–water partition coefficient (Wildman–Crippen LogP) is 3.40. The zero-order valence-electron chi connectivity index (χ0n) is 15.0. The molecule has 142 valence electrons. The van der Waals surface area contributed by atoms with Gasteiger partial charge in [0.25, 0.3) is 5.69 Å². The lowest BCUT2D eigenvalue weighted by atomic mass is 10.2. The SMILES string of the molecule is C[C@H](C(=O)Nc1ccccc1[N+](=O)[O-])N1CCN(c2ccccc2Cl)CC1. The first kappa shape index (κ1) is 19.1. The van der Waals surface area contributed by atoms with E-state index in [4.69, 9.17) is 11.6 Å². The zero-order valence-corrected chi connectivity index (χ0v) is 15.7. The molecule has 1 saturated heterocycles. The Balaban J connectivity index is 1.61. The summed E-state index contributed by atoms with van der Waals surface area (Å²) in [7, 11) is 0. The largest absolute Gasteiger partial charge is 0.368 e. The number of nitrogens with zero attached hydrogens (tertiary/aromatic N) is 3. The number of benzene rings is 2. The molecule has 0 radical (unpaired) electrons. The van der Waals surface area contributed by atoms with E-state index in [0.717, 1.165) is 18.8 Å². The normalized spacial score (nSPS) is 16.0. The van der Waals surface area contributed by atoms with Gasteiger partial charge in [-0.3, -0.25) is 19.8 Å². The van der Waals surface area contributed by atoms with Crippen molar-refractivity contribution in [1.82, 2.24) is 4.90 Å². The molecule has 1 aliphatic rings. The standard InChI is InChI=1S/C19H21ClN4O3/c1-14(19(25)21-16-7-3-5-9-18(16)24(26)27)22-10-12-23(13-11-22)17-8-4-2-6-15(17)20/h2-9,14H,10-13H2,1H3,(H,21,25)/t14-/m1/s1. The number of para-hydroxylation sites is 3. The van der Waals surface area contributed by atoms with Gasteiger partial charge in [-0.25, -0.2) is 0 Å². The molecule has 2 aromatic rings. The number of nitrogens with one attached hydrogen (secondary N) is 1. The van der Waals surface area contributed by atoms with Crippen LogP contribution in [0.15, 0.2) is 48.5 Å². The lowest BCUT2D eigenvalue weighted by Gasteiger charge is -2.38. The molecule has 0 spiro atoms. The number of amides is 1. The Morgan fingerprint density at radius 3 is 2.41 bits per heavy atom. The van der Waals surface area contributed by atoms with Gasteiger partial charge in [0.05, 0.1) is 21.7 Å². The fourth-order valence-corrected chi connectivity index (χ4v) is 3.46. The molecular formula is C19H21ClN4O3. The van der Waals surface area contributed by atoms with Crippen molar-refractivity contribution < 1.29 is 9.72 Å². The van der Waals surface area contributed by atoms with Crippen LogP contribution >= 0.6 is 11.6 Å². The van der Waals surface area contributed by atoms with Gasteiger partial charge < -0.3 is 10.2 Å². The van der Waals surface area contributed by atoms with Gasteiger partial charge in [0.1, 0.15) is 5.69 Å². The van der Waals surface area contributed by atoms with E-state index in [1.807, 2.05) is 31.2 Å². The second-order valence-corrected chi connectivity index (χ2v) is 6.82. The highest BCUT2D eigenvalue weighted by Gasteiger charge is 2.27. The van der Waals surface area contributed by atoms with Crippen molar-refractivity contribution in [2.24, 2.45) is 0 Å². The third-order valence-electron chi connectivity index (χ3n) is 4.79. The first-order valence-corrected chi connectivity index (χ1v) is 9.13. The van der Waals surface area contributed by atoms with Crippen LogP contribution in [0.1, 0.15) is 6.92 Å². The Morgan fingerprint density at radius 2 is 1.74 bits per heavy atom. The highest BCUT2D eigenvalue weighted by molar-refractivity contribution is 6.33. The molecule has 0 unspecified atom stereocenters. The summed E-state index contributed by atoms with van der Waals surface area (Å²) in [6, 6.07) is 13.5. The molecule has 2 aromatic carbocycles. The second kappa shape index (κ2) is 8.37. The van der Waals surface area contributed by atoms with Gasteiger partial charge >= 0.3 is 0 Å². The van der Waals surface area contributed by atoms with Crippen LogP contribution in [0.5, 0.6) is 0 Å². The average Bonchev–Trinajstić information content (AvgIpc) is 2.68. The molecule has 0 aliphatic carbocycles. The number of carbonyl (C=O) groups excluding carboxylic acids is 1. The molecule has 3 rings (SSSR count). The number of piperazine rings is 1. The van der Waals surface area contributed by atoms with Crippen molar-refractivity contribution in [2.45, 2.75) is 13.0 Å². The maximum Gasteiger partial charge on any atom is 0.292 e. The van der Waals surface area contributed by atoms with Crippen LogP contribution in [0, 0.1) is 10.1 Å². The molecular weight excluding hydrogens is 368 g/mol. The van der Waals surface area contributed by atoms with Crippen LogP contribution < -0.4 is 10.2 Å². The Bertz CT molecular complexity index is 837. The molecule has 1 amide bonds. The number of anilines is 2. The summed E-state index contributed by atoms with van der Waals surface area (Å²) in [5.74, 6) is -0.254. The van der Waals surface area contributed by atoms with Gasteiger partial charge in [0.15, 0.2) is 0 Å². The summed E-state index contributed by atoms with van der Waals surface area (Å²) in [5.41, 5.74) is 1.10. The molecule has 1 N–H and O–H groups in total. The van der Waals surface area contributed by atoms with Crippen LogP contribution in [-0.4, -0.2) is 48.0 Å². The summed E-state index contributed by atoms with van der Waals surface area (Å²) in [5, 5.41) is 14.5. The number of rotatable bonds is 5. The van der Waals surface area contributed by atoms with Crippen LogP contribution in [0.3, 0.4) is 0 Å². The second-order valence-electron chi connectivity index (χ2n) is 6.41. The number of nitro benzene ring substituents is 1. The maximum atomic E-state index is 12.6. The molecule has 1 aliphatic heterocycles. The first-order chi connectivity index (χ1) is 13.0. The molecule has 1 atom stereocenters. The van der Waals surface area contributed by atoms with Gasteiger partial charge in [-0.1, -0.05) is 35.9 Å². The number of halogens is 1. The highest BCUT2D eigenvalue weighted by Crippen LogP contribution is 2.27. The third kappa shape index (κ3) is 4.37. The van der Waals surface area contributed by atoms with Gasteiger partial charge in [0, 0.05) is 32.2 Å². The van der Waals surface area contributed by atoms with E-state index in [9.17, 15) is 14.9 Å². The van der Waals surface area contributed by atoms with Crippen LogP contribution in [0.4, 0.5) is 17.1 Å². The van der Waals surface area contributed by atoms with Crippen LogP contribution in [-0.2, 0) is 4.79 Å². The first-order valence-electron chi connectivity index (χ1n) is 8.75. The summed E-state index contributed by atoms with van der Waals surface area (Å²) in [4.78, 5) is 27.5. The minimum atomic E-state index is -0.497. The molecule has 27 heavy (non-hydrogen) atoms. The Morgan fingerprint density at radius 1 is 1.11 bits per heavy atom. The van der Waals surface area contributed by atoms with E-state index >= 15 is 0 Å². The van der Waals surface area contributed by atoms with E-state index in [1.165, 1.54) is 12.1 Å². The molecule has 0 saturated carbocycles. The predicted molar refractivity (Wildman–Crippen MR) is 106 cm³/mol. The van der Waals surface area contributed by atoms with E-state index in [1.54, 1.807) is 12.1 Å². The lowest BCUT2D eigenvalue weighted by Crippen LogP contribution is -2.52. The highest BCUT2D eigenvalue weighted by atomic mass is 35.5. The average molecular weight is 389 g/mol. The minimum Gasteiger partial charge on any atom is -0.368 e. The number of carbonyl (C=O) groups is 1. The summed E-state index contributed by atoms with van der Waals surface area (Å²) in [6.07, 6.45) is 0. The molecule has 7 nitrogen and oxygen atoms in total. The van der Waals surface area contributed by atoms with Crippen molar-refractivity contribution in [3.8, 4) is 0 Å². The molecule has 0 aromatic heterocycles. The van der Waals surface area contributed by atoms with Gasteiger partial charge in [-0.15, -0.1) is 0 Å². The van der Waals surface area contributed by atoms with Gasteiger partial charge in [-0.05, 0) is 25.1 Å². The van der Waals surface area contributed by atoms with Crippen LogP contribution in [0.2, 0.25) is 5.02 Å². The zero-order chi connectivity index (χ0) is 19.4. The number of hydrogen-bond acceptors (Lipinski definition) is 5. The molecule has 0 bridgehead atoms. The molecule has 8 heteroatoms. The number of hydrogen-bond donors (Lipinski definition) is 1. The summed E-state index contributed by atoms with van der Waals surface area (Å²) >= 11 is 6.26. The quantitative estimate of drug-likeness (QED) is 0.627. The fourth-order valence-electron chi connectivity index (χ4n) is 3.20. The Kier molecular flexibility index (Phi) is 5.93. The summed E-state index contributed by atoms with van der Waals surface area (Å²) in [6.45, 7) is 4.74. The topological polar surface area (TPSA) is 78.7 Å². The van der Waals surface area contributed by atoms with Crippen molar-refractivity contribution >= 4 is 34.6 Å². The van der Waals surface area contributed by atoms with Crippen molar-refractivity contribution in [3.05, 3.63) is 63.7 Å². The number of nitro groups is 1. The minimum absolute atomic E-state index is 0.110. The lowest BCUT2D eigenvalue weighted by molar-refractivity contribution is -0.383. The van der Waals surface area contributed by atoms with Crippen molar-refractivity contribution in [2.75, 3.05) is 36.4 Å². The Labute approximate surface area is 162 Å². The molecule has 1 fully saturated rings. The van der Waals surface area contributed by atoms with Crippen molar-refractivity contribution in [1.29, 1.82) is 0 Å². The monoisotopic (exact) mass is 388 g/mol. The Hall–Kier alpha value is -2.64. The van der Waals surface area contributed by atoms with E-state index < -0.39 is 11.0 Å². The van der Waals surface area contributed by atoms with Crippen LogP contribution in [0.25, 0.3) is 0 Å². The molecule has 1 heterocycles. The smallest absolute Gasteiger partial charge is 0.292 e. The van der Waals surface area contributed by atoms with Crippen molar-refractivity contribution in [3.63, 3.8) is 0 Å². The fraction of sp³-hybridized carbons (Fsp3) is 0.316. The third-order valence-corrected chi connectivity index (χ3v) is 5.11. The van der Waals surface area contributed by atoms with E-state index in [-0.39, 0.29) is 17.3 Å². The summed E-state index contributed by atoms with van der Waals surface area (Å²) < 4.78 is 0. The maximum absolute atomic E-state index is 12.6. The van der Waals surface area contributed by atoms with Gasteiger partial charge in [-0.2, -0.15) is 0 Å². The van der Waals surface area contributed by atoms with E-state index in [0.29, 0.717) is 18.1 Å². The van der Waals surface area contributed by atoms with E-state index in [2.05, 4.69) is 15.1 Å². The van der Waals surface area contributed by atoms with Gasteiger partial charge in [0.2, 0.25) is 5.91 Å².